The van der Waals surface area contributed by atoms with Gasteiger partial charge >= 0.3 is 5.97 Å². The number of rotatable bonds is 15. The topological polar surface area (TPSA) is 200 Å². The van der Waals surface area contributed by atoms with E-state index in [1.807, 2.05) is 13.8 Å². The number of aliphatic hydroxyl groups is 1. The summed E-state index contributed by atoms with van der Waals surface area (Å²) < 4.78 is 0. The van der Waals surface area contributed by atoms with Crippen LogP contribution in [0.5, 0.6) is 0 Å². The molecule has 190 valence electrons. The summed E-state index contributed by atoms with van der Waals surface area (Å²) in [6, 6.07) is -4.32. The summed E-state index contributed by atoms with van der Waals surface area (Å²) in [6.07, 6.45) is 1.14. The van der Waals surface area contributed by atoms with Gasteiger partial charge in [-0.1, -0.05) is 13.8 Å². The first-order valence-electron chi connectivity index (χ1n) is 10.6. The summed E-state index contributed by atoms with van der Waals surface area (Å²) in [5, 5.41) is 28.4. The second-order valence-electron chi connectivity index (χ2n) is 8.15. The van der Waals surface area contributed by atoms with Crippen LogP contribution in [-0.4, -0.2) is 88.6 Å². The molecule has 5 atom stereocenters. The summed E-state index contributed by atoms with van der Waals surface area (Å²) in [7, 11) is 0. The van der Waals surface area contributed by atoms with Crippen molar-refractivity contribution in [3.05, 3.63) is 0 Å². The molecule has 0 aliphatic heterocycles. The van der Waals surface area contributed by atoms with E-state index in [-0.39, 0.29) is 12.3 Å². The van der Waals surface area contributed by atoms with E-state index in [4.69, 9.17) is 10.8 Å². The van der Waals surface area contributed by atoms with Crippen molar-refractivity contribution in [1.29, 1.82) is 0 Å². The molecule has 0 radical (unpaired) electrons. The van der Waals surface area contributed by atoms with Gasteiger partial charge in [-0.2, -0.15) is 11.8 Å². The lowest BCUT2D eigenvalue weighted by Gasteiger charge is -2.24. The van der Waals surface area contributed by atoms with E-state index in [0.717, 1.165) is 0 Å². The number of carbonyl (C=O) groups is 5. The van der Waals surface area contributed by atoms with Crippen molar-refractivity contribution >= 4 is 41.4 Å². The van der Waals surface area contributed by atoms with E-state index in [9.17, 15) is 29.1 Å². The molecule has 0 fully saturated rings. The lowest BCUT2D eigenvalue weighted by molar-refractivity contribution is -0.141. The van der Waals surface area contributed by atoms with E-state index in [1.54, 1.807) is 6.26 Å². The SMILES string of the molecule is CSCC[C@H](NC(=O)CNC(=O)[C@@H](NC(=O)[C@H](C)NC(=O)[C@@H](N)CC(C)C)[C@@H](C)O)C(=O)O. The van der Waals surface area contributed by atoms with Crippen molar-refractivity contribution < 1.29 is 34.2 Å². The fraction of sp³-hybridized carbons (Fsp3) is 0.750. The minimum Gasteiger partial charge on any atom is -0.480 e. The maximum Gasteiger partial charge on any atom is 0.326 e. The molecule has 0 bridgehead atoms. The fourth-order valence-corrected chi connectivity index (χ4v) is 3.17. The number of aliphatic hydroxyl groups excluding tert-OH is 1. The van der Waals surface area contributed by atoms with E-state index >= 15 is 0 Å². The number of carboxylic acids is 1. The molecule has 13 heteroatoms. The Bertz CT molecular complexity index is 690. The molecule has 0 aromatic carbocycles. The molecule has 33 heavy (non-hydrogen) atoms. The summed E-state index contributed by atoms with van der Waals surface area (Å²) >= 11 is 1.43. The van der Waals surface area contributed by atoms with Gasteiger partial charge in [0.25, 0.3) is 0 Å². The Kier molecular flexibility index (Phi) is 14.3. The molecule has 0 aromatic rings. The zero-order chi connectivity index (χ0) is 25.7. The molecule has 4 amide bonds. The average Bonchev–Trinajstić information content (AvgIpc) is 2.71. The highest BCUT2D eigenvalue weighted by molar-refractivity contribution is 7.98. The monoisotopic (exact) mass is 491 g/mol. The Morgan fingerprint density at radius 3 is 2.03 bits per heavy atom. The van der Waals surface area contributed by atoms with Crippen LogP contribution in [0.1, 0.15) is 40.5 Å². The average molecular weight is 492 g/mol. The minimum atomic E-state index is -1.40. The maximum absolute atomic E-state index is 12.4. The highest BCUT2D eigenvalue weighted by atomic mass is 32.2. The van der Waals surface area contributed by atoms with Gasteiger partial charge in [-0.25, -0.2) is 4.79 Å². The largest absolute Gasteiger partial charge is 0.480 e. The molecule has 0 spiro atoms. The predicted molar refractivity (Wildman–Crippen MR) is 124 cm³/mol. The molecule has 0 aliphatic rings. The van der Waals surface area contributed by atoms with Crippen molar-refractivity contribution in [2.24, 2.45) is 11.7 Å². The Morgan fingerprint density at radius 2 is 1.55 bits per heavy atom. The van der Waals surface area contributed by atoms with Gasteiger partial charge < -0.3 is 37.2 Å². The Balaban J connectivity index is 4.83. The van der Waals surface area contributed by atoms with E-state index in [0.29, 0.717) is 12.2 Å². The summed E-state index contributed by atoms with van der Waals surface area (Å²) in [5.41, 5.74) is 5.79. The molecule has 0 heterocycles. The molecule has 0 aromatic heterocycles. The smallest absolute Gasteiger partial charge is 0.326 e. The normalized spacial score (nSPS) is 15.5. The molecule has 0 unspecified atom stereocenters. The number of nitrogens with two attached hydrogens (primary N) is 1. The van der Waals surface area contributed by atoms with Gasteiger partial charge in [0.05, 0.1) is 18.7 Å². The molecule has 0 saturated carbocycles. The Hall–Kier alpha value is -2.38. The van der Waals surface area contributed by atoms with Crippen molar-refractivity contribution in [2.45, 2.75) is 70.8 Å². The molecule has 0 saturated heterocycles. The van der Waals surface area contributed by atoms with Crippen LogP contribution < -0.4 is 27.0 Å². The van der Waals surface area contributed by atoms with Crippen LogP contribution in [0.2, 0.25) is 0 Å². The van der Waals surface area contributed by atoms with E-state index < -0.39 is 66.4 Å². The third kappa shape index (κ3) is 12.4. The number of hydrogen-bond donors (Lipinski definition) is 7. The van der Waals surface area contributed by atoms with Gasteiger partial charge in [0.1, 0.15) is 18.1 Å². The molecule has 8 N–H and O–H groups in total. The minimum absolute atomic E-state index is 0.187. The summed E-state index contributed by atoms with van der Waals surface area (Å²) in [6.45, 7) is 5.94. The zero-order valence-electron chi connectivity index (χ0n) is 19.7. The standard InChI is InChI=1S/C20H37N5O7S/c1-10(2)8-13(21)18(29)23-11(3)17(28)25-16(12(4)26)19(30)22-9-15(27)24-14(20(31)32)6-7-33-5/h10-14,16,26H,6-9,21H2,1-5H3,(H,22,30)(H,23,29)(H,24,27)(H,25,28)(H,31,32)/t11-,12+,13-,14-,16-/m0/s1. The molecule has 0 rings (SSSR count). The van der Waals surface area contributed by atoms with Gasteiger partial charge in [0.2, 0.25) is 23.6 Å². The van der Waals surface area contributed by atoms with Gasteiger partial charge in [-0.3, -0.25) is 19.2 Å². The van der Waals surface area contributed by atoms with Gasteiger partial charge in [-0.05, 0) is 44.6 Å². The first-order chi connectivity index (χ1) is 15.3. The van der Waals surface area contributed by atoms with Crippen LogP contribution in [0, 0.1) is 5.92 Å². The summed E-state index contributed by atoms with van der Waals surface area (Å²) in [4.78, 5) is 60.1. The molecular formula is C20H37N5O7S. The van der Waals surface area contributed by atoms with E-state index in [1.165, 1.54) is 25.6 Å². The number of aliphatic carboxylic acids is 1. The third-order valence-electron chi connectivity index (χ3n) is 4.54. The predicted octanol–water partition coefficient (Wildman–Crippen LogP) is -1.83. The van der Waals surface area contributed by atoms with Crippen molar-refractivity contribution in [3.8, 4) is 0 Å². The number of carbonyl (C=O) groups excluding carboxylic acids is 4. The van der Waals surface area contributed by atoms with E-state index in [2.05, 4.69) is 21.3 Å². The Morgan fingerprint density at radius 1 is 0.939 bits per heavy atom. The lowest BCUT2D eigenvalue weighted by atomic mass is 10.0. The van der Waals surface area contributed by atoms with Crippen LogP contribution in [0.3, 0.4) is 0 Å². The number of amides is 4. The van der Waals surface area contributed by atoms with Crippen LogP contribution >= 0.6 is 11.8 Å². The fourth-order valence-electron chi connectivity index (χ4n) is 2.70. The highest BCUT2D eigenvalue weighted by Crippen LogP contribution is 2.03. The quantitative estimate of drug-likeness (QED) is 0.138. The van der Waals surface area contributed by atoms with Crippen LogP contribution in [0.4, 0.5) is 0 Å². The van der Waals surface area contributed by atoms with Gasteiger partial charge in [0, 0.05) is 0 Å². The maximum atomic E-state index is 12.4. The van der Waals surface area contributed by atoms with Crippen LogP contribution in [0.15, 0.2) is 0 Å². The first-order valence-corrected chi connectivity index (χ1v) is 12.0. The second kappa shape index (κ2) is 15.5. The first kappa shape index (κ1) is 30.6. The molecule has 12 nitrogen and oxygen atoms in total. The second-order valence-corrected chi connectivity index (χ2v) is 9.14. The lowest BCUT2D eigenvalue weighted by Crippen LogP contribution is -2.58. The van der Waals surface area contributed by atoms with Crippen molar-refractivity contribution in [2.75, 3.05) is 18.6 Å². The van der Waals surface area contributed by atoms with Crippen LogP contribution in [0.25, 0.3) is 0 Å². The molecule has 0 aliphatic carbocycles. The van der Waals surface area contributed by atoms with Gasteiger partial charge in [-0.15, -0.1) is 0 Å². The van der Waals surface area contributed by atoms with Crippen LogP contribution in [-0.2, 0) is 24.0 Å². The number of carboxylic acid groups (broad SMARTS) is 1. The number of thioether (sulfide) groups is 1. The molecular weight excluding hydrogens is 454 g/mol. The van der Waals surface area contributed by atoms with Gasteiger partial charge in [0.15, 0.2) is 0 Å². The summed E-state index contributed by atoms with van der Waals surface area (Å²) in [5.74, 6) is -3.30. The van der Waals surface area contributed by atoms with Crippen molar-refractivity contribution in [3.63, 3.8) is 0 Å². The zero-order valence-corrected chi connectivity index (χ0v) is 20.5. The number of nitrogens with one attached hydrogen (secondary N) is 4. The highest BCUT2D eigenvalue weighted by Gasteiger charge is 2.29. The van der Waals surface area contributed by atoms with Crippen molar-refractivity contribution in [1.82, 2.24) is 21.3 Å². The Labute approximate surface area is 198 Å². The third-order valence-corrected chi connectivity index (χ3v) is 5.19. The number of hydrogen-bond acceptors (Lipinski definition) is 8.